The predicted octanol–water partition coefficient (Wildman–Crippen LogP) is 4.90. The first-order chi connectivity index (χ1) is 12.6. The maximum absolute atomic E-state index is 12.8. The Morgan fingerprint density at radius 1 is 1.12 bits per heavy atom. The molecule has 0 radical (unpaired) electrons. The van der Waals surface area contributed by atoms with Crippen LogP contribution in [0.5, 0.6) is 0 Å². The quantitative estimate of drug-likeness (QED) is 0.355. The molecule has 0 saturated carbocycles. The van der Waals surface area contributed by atoms with Gasteiger partial charge in [-0.3, -0.25) is 14.9 Å². The number of non-ortho nitro benzene ring substituents is 1. The summed E-state index contributed by atoms with van der Waals surface area (Å²) in [5, 5.41) is 14.9. The van der Waals surface area contributed by atoms with Gasteiger partial charge in [0, 0.05) is 23.9 Å². The van der Waals surface area contributed by atoms with Gasteiger partial charge < -0.3 is 4.90 Å². The van der Waals surface area contributed by atoms with Crippen molar-refractivity contribution in [3.05, 3.63) is 98.7 Å². The zero-order valence-electron chi connectivity index (χ0n) is 13.8. The van der Waals surface area contributed by atoms with Crippen molar-refractivity contribution in [1.29, 1.82) is 0 Å². The molecule has 0 bridgehead atoms. The minimum atomic E-state index is -0.452. The molecular weight excluding hydrogens is 348 g/mol. The first kappa shape index (κ1) is 17.6. The Kier molecular flexibility index (Phi) is 5.56. The van der Waals surface area contributed by atoms with E-state index in [-0.39, 0.29) is 11.6 Å². The molecule has 5 nitrogen and oxygen atoms in total. The second kappa shape index (κ2) is 8.22. The lowest BCUT2D eigenvalue weighted by atomic mass is 10.2. The molecule has 1 amide bonds. The summed E-state index contributed by atoms with van der Waals surface area (Å²) in [6, 6.07) is 17.6. The van der Waals surface area contributed by atoms with E-state index in [4.69, 9.17) is 0 Å². The van der Waals surface area contributed by atoms with Gasteiger partial charge in [0.1, 0.15) is 0 Å². The van der Waals surface area contributed by atoms with Gasteiger partial charge in [-0.05, 0) is 46.2 Å². The molecule has 0 spiro atoms. The zero-order chi connectivity index (χ0) is 18.4. The van der Waals surface area contributed by atoms with Crippen molar-refractivity contribution in [2.24, 2.45) is 0 Å². The van der Waals surface area contributed by atoms with Crippen LogP contribution in [0, 0.1) is 10.1 Å². The highest BCUT2D eigenvalue weighted by Gasteiger charge is 2.14. The molecule has 26 heavy (non-hydrogen) atoms. The summed E-state index contributed by atoms with van der Waals surface area (Å²) in [5.74, 6) is -0.186. The molecule has 0 fully saturated rings. The molecule has 0 saturated heterocycles. The number of anilines is 1. The van der Waals surface area contributed by atoms with E-state index in [2.05, 4.69) is 0 Å². The number of thiophene rings is 1. The van der Waals surface area contributed by atoms with Crippen molar-refractivity contribution in [3.63, 3.8) is 0 Å². The maximum Gasteiger partial charge on any atom is 0.270 e. The molecule has 0 aliphatic carbocycles. The van der Waals surface area contributed by atoms with Crippen LogP contribution in [0.25, 0.3) is 6.08 Å². The second-order valence-corrected chi connectivity index (χ2v) is 6.36. The van der Waals surface area contributed by atoms with Gasteiger partial charge in [-0.2, -0.15) is 11.3 Å². The van der Waals surface area contributed by atoms with E-state index in [1.807, 2.05) is 47.2 Å². The van der Waals surface area contributed by atoms with Gasteiger partial charge in [0.15, 0.2) is 0 Å². The number of rotatable bonds is 6. The van der Waals surface area contributed by atoms with Gasteiger partial charge in [0.2, 0.25) is 0 Å². The number of benzene rings is 2. The molecule has 0 aliphatic heterocycles. The smallest absolute Gasteiger partial charge is 0.270 e. The number of para-hydroxylation sites is 1. The summed E-state index contributed by atoms with van der Waals surface area (Å²) < 4.78 is 0. The van der Waals surface area contributed by atoms with Crippen LogP contribution in [0.4, 0.5) is 11.4 Å². The Morgan fingerprint density at radius 2 is 1.92 bits per heavy atom. The van der Waals surface area contributed by atoms with Crippen molar-refractivity contribution < 1.29 is 9.72 Å². The van der Waals surface area contributed by atoms with Gasteiger partial charge in [0.05, 0.1) is 11.5 Å². The SMILES string of the molecule is O=C(C=Cc1cccc([N+](=O)[O-])c1)N(Cc1ccsc1)c1ccccc1. The summed E-state index contributed by atoms with van der Waals surface area (Å²) >= 11 is 1.58. The van der Waals surface area contributed by atoms with E-state index in [1.54, 1.807) is 34.4 Å². The molecule has 3 aromatic rings. The van der Waals surface area contributed by atoms with E-state index in [9.17, 15) is 14.9 Å². The molecular formula is C20H16N2O3S. The van der Waals surface area contributed by atoms with Crippen molar-refractivity contribution in [3.8, 4) is 0 Å². The predicted molar refractivity (Wildman–Crippen MR) is 104 cm³/mol. The van der Waals surface area contributed by atoms with Crippen molar-refractivity contribution >= 4 is 34.7 Å². The lowest BCUT2D eigenvalue weighted by molar-refractivity contribution is -0.384. The van der Waals surface area contributed by atoms with Crippen LogP contribution >= 0.6 is 11.3 Å². The topological polar surface area (TPSA) is 63.4 Å². The summed E-state index contributed by atoms with van der Waals surface area (Å²) in [6.45, 7) is 0.464. The van der Waals surface area contributed by atoms with Crippen LogP contribution in [0.15, 0.2) is 77.5 Å². The fourth-order valence-electron chi connectivity index (χ4n) is 2.47. The number of hydrogen-bond acceptors (Lipinski definition) is 4. The molecule has 0 unspecified atom stereocenters. The average Bonchev–Trinajstić information content (AvgIpc) is 3.18. The Morgan fingerprint density at radius 3 is 2.62 bits per heavy atom. The van der Waals surface area contributed by atoms with E-state index in [1.165, 1.54) is 18.2 Å². The number of nitro benzene ring substituents is 1. The minimum absolute atomic E-state index is 0.00205. The Labute approximate surface area is 155 Å². The number of nitro groups is 1. The first-order valence-corrected chi connectivity index (χ1v) is 8.88. The van der Waals surface area contributed by atoms with Crippen LogP contribution in [0.2, 0.25) is 0 Å². The fraction of sp³-hybridized carbons (Fsp3) is 0.0500. The van der Waals surface area contributed by atoms with Crippen LogP contribution in [-0.4, -0.2) is 10.8 Å². The highest BCUT2D eigenvalue weighted by atomic mass is 32.1. The number of amides is 1. The second-order valence-electron chi connectivity index (χ2n) is 5.58. The highest BCUT2D eigenvalue weighted by Crippen LogP contribution is 2.20. The maximum atomic E-state index is 12.8. The third-order valence-electron chi connectivity index (χ3n) is 3.75. The molecule has 130 valence electrons. The van der Waals surface area contributed by atoms with Gasteiger partial charge in [-0.1, -0.05) is 30.3 Å². The molecule has 0 N–H and O–H groups in total. The third-order valence-corrected chi connectivity index (χ3v) is 4.49. The summed E-state index contributed by atoms with van der Waals surface area (Å²) in [7, 11) is 0. The van der Waals surface area contributed by atoms with Gasteiger partial charge in [-0.25, -0.2) is 0 Å². The van der Waals surface area contributed by atoms with Crippen LogP contribution in [-0.2, 0) is 11.3 Å². The fourth-order valence-corrected chi connectivity index (χ4v) is 3.13. The van der Waals surface area contributed by atoms with Crippen LogP contribution in [0.1, 0.15) is 11.1 Å². The standard InChI is InChI=1S/C20H16N2O3S/c23-20(10-9-16-5-4-8-19(13-16)22(24)25)21(14-17-11-12-26-15-17)18-6-2-1-3-7-18/h1-13,15H,14H2. The number of nitrogens with zero attached hydrogens (tertiary/aromatic N) is 2. The minimum Gasteiger partial charge on any atom is -0.304 e. The van der Waals surface area contributed by atoms with Gasteiger partial charge in [-0.15, -0.1) is 0 Å². The molecule has 3 rings (SSSR count). The summed E-state index contributed by atoms with van der Waals surface area (Å²) in [6.07, 6.45) is 3.04. The first-order valence-electron chi connectivity index (χ1n) is 7.93. The number of carbonyl (C=O) groups is 1. The van der Waals surface area contributed by atoms with Gasteiger partial charge >= 0.3 is 0 Å². The molecule has 1 heterocycles. The highest BCUT2D eigenvalue weighted by molar-refractivity contribution is 7.07. The lowest BCUT2D eigenvalue weighted by Gasteiger charge is -2.21. The van der Waals surface area contributed by atoms with Crippen LogP contribution in [0.3, 0.4) is 0 Å². The normalized spacial score (nSPS) is 10.8. The third kappa shape index (κ3) is 4.43. The van der Waals surface area contributed by atoms with E-state index >= 15 is 0 Å². The van der Waals surface area contributed by atoms with E-state index in [0.717, 1.165) is 11.3 Å². The lowest BCUT2D eigenvalue weighted by Crippen LogP contribution is -2.28. The van der Waals surface area contributed by atoms with Crippen molar-refractivity contribution in [2.45, 2.75) is 6.54 Å². The van der Waals surface area contributed by atoms with Crippen molar-refractivity contribution in [2.75, 3.05) is 4.90 Å². The summed E-state index contributed by atoms with van der Waals surface area (Å²) in [5.41, 5.74) is 2.46. The number of hydrogen-bond donors (Lipinski definition) is 0. The average molecular weight is 364 g/mol. The monoisotopic (exact) mass is 364 g/mol. The van der Waals surface area contributed by atoms with E-state index < -0.39 is 4.92 Å². The van der Waals surface area contributed by atoms with Crippen molar-refractivity contribution in [1.82, 2.24) is 0 Å². The number of carbonyl (C=O) groups excluding carboxylic acids is 1. The van der Waals surface area contributed by atoms with E-state index in [0.29, 0.717) is 12.1 Å². The molecule has 0 atom stereocenters. The zero-order valence-corrected chi connectivity index (χ0v) is 14.6. The van der Waals surface area contributed by atoms with Crippen LogP contribution < -0.4 is 4.90 Å². The Balaban J connectivity index is 1.83. The largest absolute Gasteiger partial charge is 0.304 e. The molecule has 1 aromatic heterocycles. The Bertz CT molecular complexity index is 921. The molecule has 6 heteroatoms. The molecule has 0 aliphatic rings. The summed E-state index contributed by atoms with van der Waals surface area (Å²) in [4.78, 5) is 24.9. The molecule has 2 aromatic carbocycles. The Hall–Kier alpha value is -3.25. The van der Waals surface area contributed by atoms with Gasteiger partial charge in [0.25, 0.3) is 11.6 Å².